The number of fused-ring (bicyclic) bond motifs is 1. The molecule has 1 aromatic heterocycles. The molecular weight excluding hydrogens is 272 g/mol. The van der Waals surface area contributed by atoms with Gasteiger partial charge in [-0.15, -0.1) is 0 Å². The van der Waals surface area contributed by atoms with E-state index in [1.807, 2.05) is 13.8 Å². The van der Waals surface area contributed by atoms with Crippen LogP contribution in [0.1, 0.15) is 20.3 Å². The highest BCUT2D eigenvalue weighted by Gasteiger charge is 2.22. The lowest BCUT2D eigenvalue weighted by Crippen LogP contribution is -2.36. The van der Waals surface area contributed by atoms with Gasteiger partial charge in [0.05, 0.1) is 4.92 Å². The number of non-ortho nitro benzene ring substituents is 1. The molecule has 1 amide bonds. The number of rotatable bonds is 5. The zero-order valence-electron chi connectivity index (χ0n) is 11.8. The Morgan fingerprint density at radius 1 is 1.43 bits per heavy atom. The van der Waals surface area contributed by atoms with Crippen LogP contribution in [-0.2, 0) is 4.79 Å². The number of carbonyl (C=O) groups excluding carboxylic acids is 1. The van der Waals surface area contributed by atoms with Crippen molar-refractivity contribution in [1.82, 2.24) is 4.98 Å². The lowest BCUT2D eigenvalue weighted by molar-refractivity contribution is -0.383. The summed E-state index contributed by atoms with van der Waals surface area (Å²) in [6.45, 7) is 3.67. The van der Waals surface area contributed by atoms with Gasteiger partial charge in [0.2, 0.25) is 5.91 Å². The highest BCUT2D eigenvalue weighted by atomic mass is 16.6. The number of amides is 1. The van der Waals surface area contributed by atoms with Gasteiger partial charge in [-0.05, 0) is 19.9 Å². The molecule has 0 saturated carbocycles. The standard InChI is InChI=1S/C14H16N4O3/c1-14(2,8-12(15)19)17-10-6-7-16-13-9(10)4-3-5-11(13)18(20)21/h3-7H,8H2,1-2H3,(H2,15,19)(H,16,17). The summed E-state index contributed by atoms with van der Waals surface area (Å²) in [4.78, 5) is 25.7. The number of aromatic nitrogens is 1. The topological polar surface area (TPSA) is 111 Å². The van der Waals surface area contributed by atoms with Crippen molar-refractivity contribution < 1.29 is 9.72 Å². The van der Waals surface area contributed by atoms with Gasteiger partial charge in [-0.2, -0.15) is 0 Å². The van der Waals surface area contributed by atoms with Crippen molar-refractivity contribution in [2.24, 2.45) is 5.73 Å². The van der Waals surface area contributed by atoms with Crippen LogP contribution in [0.3, 0.4) is 0 Å². The summed E-state index contributed by atoms with van der Waals surface area (Å²) in [7, 11) is 0. The maximum absolute atomic E-state index is 11.1. The Labute approximate surface area is 121 Å². The van der Waals surface area contributed by atoms with Gasteiger partial charge in [-0.3, -0.25) is 14.9 Å². The first-order valence-corrected chi connectivity index (χ1v) is 6.39. The van der Waals surface area contributed by atoms with Crippen LogP contribution >= 0.6 is 0 Å². The third-order valence-electron chi connectivity index (χ3n) is 3.04. The van der Waals surface area contributed by atoms with E-state index in [0.717, 1.165) is 0 Å². The second kappa shape index (κ2) is 5.35. The predicted molar refractivity (Wildman–Crippen MR) is 79.9 cm³/mol. The number of hydrogen-bond donors (Lipinski definition) is 2. The molecular formula is C14H16N4O3. The van der Waals surface area contributed by atoms with Crippen molar-refractivity contribution in [1.29, 1.82) is 0 Å². The summed E-state index contributed by atoms with van der Waals surface area (Å²) in [6.07, 6.45) is 1.64. The van der Waals surface area contributed by atoms with Crippen molar-refractivity contribution in [3.63, 3.8) is 0 Å². The Bertz CT molecular complexity index is 712. The number of nitro groups is 1. The zero-order chi connectivity index (χ0) is 15.6. The molecule has 1 aromatic carbocycles. The number of hydrogen-bond acceptors (Lipinski definition) is 5. The average molecular weight is 288 g/mol. The molecule has 0 aliphatic heterocycles. The first kappa shape index (κ1) is 14.7. The number of nitro benzene ring substituents is 1. The number of carbonyl (C=O) groups is 1. The van der Waals surface area contributed by atoms with Crippen LogP contribution in [0.4, 0.5) is 11.4 Å². The number of primary amides is 1. The minimum absolute atomic E-state index is 0.0520. The van der Waals surface area contributed by atoms with Gasteiger partial charge in [0.25, 0.3) is 5.69 Å². The van der Waals surface area contributed by atoms with Crippen molar-refractivity contribution in [3.8, 4) is 0 Å². The van der Waals surface area contributed by atoms with Crippen LogP contribution in [0.2, 0.25) is 0 Å². The fourth-order valence-electron chi connectivity index (χ4n) is 2.26. The van der Waals surface area contributed by atoms with Gasteiger partial charge in [0, 0.05) is 35.3 Å². The summed E-state index contributed by atoms with van der Waals surface area (Å²) < 4.78 is 0. The maximum atomic E-state index is 11.1. The largest absolute Gasteiger partial charge is 0.379 e. The minimum Gasteiger partial charge on any atom is -0.379 e. The first-order valence-electron chi connectivity index (χ1n) is 6.39. The van der Waals surface area contributed by atoms with Gasteiger partial charge in [-0.1, -0.05) is 12.1 Å². The summed E-state index contributed by atoms with van der Waals surface area (Å²) >= 11 is 0. The van der Waals surface area contributed by atoms with Crippen molar-refractivity contribution in [2.75, 3.05) is 5.32 Å². The first-order chi connectivity index (χ1) is 9.80. The molecule has 0 fully saturated rings. The Balaban J connectivity index is 2.49. The van der Waals surface area contributed by atoms with Crippen LogP contribution in [0, 0.1) is 10.1 Å². The van der Waals surface area contributed by atoms with E-state index in [0.29, 0.717) is 16.6 Å². The van der Waals surface area contributed by atoms with Gasteiger partial charge in [0.1, 0.15) is 5.52 Å². The molecule has 21 heavy (non-hydrogen) atoms. The SMILES string of the molecule is CC(C)(CC(N)=O)Nc1ccnc2c([N+](=O)[O-])cccc12. The minimum atomic E-state index is -0.565. The van der Waals surface area contributed by atoms with E-state index in [-0.39, 0.29) is 12.1 Å². The van der Waals surface area contributed by atoms with E-state index in [4.69, 9.17) is 5.73 Å². The molecule has 0 bridgehead atoms. The quantitative estimate of drug-likeness (QED) is 0.647. The normalized spacial score (nSPS) is 11.3. The van der Waals surface area contributed by atoms with E-state index in [1.54, 1.807) is 18.2 Å². The zero-order valence-corrected chi connectivity index (χ0v) is 11.8. The van der Waals surface area contributed by atoms with Crippen molar-refractivity contribution in [3.05, 3.63) is 40.6 Å². The Kier molecular flexibility index (Phi) is 3.75. The monoisotopic (exact) mass is 288 g/mol. The van der Waals surface area contributed by atoms with E-state index in [2.05, 4.69) is 10.3 Å². The van der Waals surface area contributed by atoms with Gasteiger partial charge in [-0.25, -0.2) is 4.98 Å². The van der Waals surface area contributed by atoms with E-state index >= 15 is 0 Å². The number of pyridine rings is 1. The molecule has 0 saturated heterocycles. The number of anilines is 1. The molecule has 0 radical (unpaired) electrons. The summed E-state index contributed by atoms with van der Waals surface area (Å²) in [5.41, 5.74) is 5.60. The second-order valence-corrected chi connectivity index (χ2v) is 5.44. The van der Waals surface area contributed by atoms with Gasteiger partial charge >= 0.3 is 0 Å². The van der Waals surface area contributed by atoms with Crippen LogP contribution < -0.4 is 11.1 Å². The number of nitrogens with one attached hydrogen (secondary N) is 1. The molecule has 0 unspecified atom stereocenters. The second-order valence-electron chi connectivity index (χ2n) is 5.44. The molecule has 7 heteroatoms. The third-order valence-corrected chi connectivity index (χ3v) is 3.04. The molecule has 0 spiro atoms. The molecule has 0 aliphatic rings. The Morgan fingerprint density at radius 2 is 2.14 bits per heavy atom. The molecule has 2 rings (SSSR count). The number of benzene rings is 1. The predicted octanol–water partition coefficient (Wildman–Crippen LogP) is 2.21. The summed E-state index contributed by atoms with van der Waals surface area (Å²) in [5, 5.41) is 14.9. The van der Waals surface area contributed by atoms with E-state index < -0.39 is 16.4 Å². The lowest BCUT2D eigenvalue weighted by Gasteiger charge is -2.26. The molecule has 110 valence electrons. The van der Waals surface area contributed by atoms with Crippen LogP contribution in [0.5, 0.6) is 0 Å². The fraction of sp³-hybridized carbons (Fsp3) is 0.286. The highest BCUT2D eigenvalue weighted by molar-refractivity contribution is 5.96. The molecule has 1 heterocycles. The van der Waals surface area contributed by atoms with Crippen LogP contribution in [0.25, 0.3) is 10.9 Å². The average Bonchev–Trinajstić information content (AvgIpc) is 2.36. The number of para-hydroxylation sites is 1. The maximum Gasteiger partial charge on any atom is 0.295 e. The van der Waals surface area contributed by atoms with E-state index in [1.165, 1.54) is 12.3 Å². The van der Waals surface area contributed by atoms with Crippen LogP contribution in [0.15, 0.2) is 30.5 Å². The van der Waals surface area contributed by atoms with Gasteiger partial charge < -0.3 is 11.1 Å². The fourth-order valence-corrected chi connectivity index (χ4v) is 2.26. The van der Waals surface area contributed by atoms with Gasteiger partial charge in [0.15, 0.2) is 0 Å². The van der Waals surface area contributed by atoms with Crippen molar-refractivity contribution >= 4 is 28.2 Å². The smallest absolute Gasteiger partial charge is 0.295 e. The number of nitrogens with two attached hydrogens (primary N) is 1. The molecule has 3 N–H and O–H groups in total. The Hall–Kier alpha value is -2.70. The molecule has 7 nitrogen and oxygen atoms in total. The van der Waals surface area contributed by atoms with Crippen LogP contribution in [-0.4, -0.2) is 21.4 Å². The third kappa shape index (κ3) is 3.25. The summed E-state index contributed by atoms with van der Waals surface area (Å²) in [6, 6.07) is 6.48. The molecule has 2 aromatic rings. The number of nitrogens with zero attached hydrogens (tertiary/aromatic N) is 2. The van der Waals surface area contributed by atoms with E-state index in [9.17, 15) is 14.9 Å². The lowest BCUT2D eigenvalue weighted by atomic mass is 9.99. The molecule has 0 aliphatic carbocycles. The molecule has 0 atom stereocenters. The van der Waals surface area contributed by atoms with Crippen molar-refractivity contribution in [2.45, 2.75) is 25.8 Å². The summed E-state index contributed by atoms with van der Waals surface area (Å²) in [5.74, 6) is -0.420. The highest BCUT2D eigenvalue weighted by Crippen LogP contribution is 2.30. The Morgan fingerprint density at radius 3 is 2.76 bits per heavy atom.